The van der Waals surface area contributed by atoms with E-state index >= 15 is 0 Å². The highest BCUT2D eigenvalue weighted by Crippen LogP contribution is 2.41. The minimum Gasteiger partial charge on any atom is -0.497 e. The third kappa shape index (κ3) is 3.74. The van der Waals surface area contributed by atoms with Gasteiger partial charge < -0.3 is 9.84 Å². The molecule has 8 heteroatoms. The average molecular weight is 357 g/mol. The summed E-state index contributed by atoms with van der Waals surface area (Å²) in [6.07, 6.45) is -5.42. The van der Waals surface area contributed by atoms with E-state index in [9.17, 15) is 27.6 Å². The molecule has 0 aromatic heterocycles. The number of carbonyl (C=O) groups excluding carboxylic acids is 1. The third-order valence-corrected chi connectivity index (χ3v) is 3.61. The Hall–Kier alpha value is -2.61. The van der Waals surface area contributed by atoms with Gasteiger partial charge in [-0.1, -0.05) is 46.9 Å². The lowest BCUT2D eigenvalue weighted by molar-refractivity contribution is -0.268. The van der Waals surface area contributed by atoms with Crippen molar-refractivity contribution in [3.63, 3.8) is 0 Å². The van der Waals surface area contributed by atoms with Gasteiger partial charge in [0.15, 0.2) is 0 Å². The van der Waals surface area contributed by atoms with Gasteiger partial charge in [-0.15, -0.1) is 0 Å². The smallest absolute Gasteiger partial charge is 0.430 e. The monoisotopic (exact) mass is 357 g/mol. The summed E-state index contributed by atoms with van der Waals surface area (Å²) in [6, 6.07) is 11.6. The number of halogens is 4. The Bertz CT molecular complexity index is 719. The molecular weight excluding hydrogens is 342 g/mol. The lowest BCUT2D eigenvalue weighted by atomic mass is 9.91. The molecule has 0 fully saturated rings. The van der Waals surface area contributed by atoms with Gasteiger partial charge >= 0.3 is 6.18 Å². The van der Waals surface area contributed by atoms with Gasteiger partial charge in [0, 0.05) is 5.56 Å². The SMILES string of the molecule is COc1ccc(C(O)(C(=O)N(F)Cc2ccccc2)C(F)(F)F)cc1. The number of alkyl halides is 3. The van der Waals surface area contributed by atoms with E-state index < -0.39 is 34.9 Å². The Kier molecular flexibility index (Phi) is 5.32. The highest BCUT2D eigenvalue weighted by atomic mass is 19.4. The normalized spacial score (nSPS) is 13.8. The van der Waals surface area contributed by atoms with Crippen LogP contribution in [0.2, 0.25) is 0 Å². The van der Waals surface area contributed by atoms with Crippen LogP contribution in [0.25, 0.3) is 0 Å². The van der Waals surface area contributed by atoms with Crippen molar-refractivity contribution in [1.82, 2.24) is 5.12 Å². The zero-order chi connectivity index (χ0) is 18.7. The number of hydrogen-bond donors (Lipinski definition) is 1. The van der Waals surface area contributed by atoms with Crippen molar-refractivity contribution >= 4 is 5.91 Å². The van der Waals surface area contributed by atoms with Crippen LogP contribution in [0.1, 0.15) is 11.1 Å². The van der Waals surface area contributed by atoms with Crippen molar-refractivity contribution in [3.8, 4) is 5.75 Å². The molecule has 0 aliphatic rings. The molecule has 25 heavy (non-hydrogen) atoms. The van der Waals surface area contributed by atoms with Crippen LogP contribution in [0.3, 0.4) is 0 Å². The van der Waals surface area contributed by atoms with Gasteiger partial charge in [-0.05, 0) is 17.7 Å². The molecule has 1 amide bonds. The van der Waals surface area contributed by atoms with Crippen LogP contribution in [0, 0.1) is 0 Å². The maximum atomic E-state index is 14.1. The van der Waals surface area contributed by atoms with E-state index in [-0.39, 0.29) is 11.3 Å². The first-order valence-electron chi connectivity index (χ1n) is 7.15. The summed E-state index contributed by atoms with van der Waals surface area (Å²) in [6.45, 7) is -0.728. The van der Waals surface area contributed by atoms with Crippen LogP contribution in [0.5, 0.6) is 5.75 Å². The Morgan fingerprint density at radius 2 is 1.64 bits per heavy atom. The summed E-state index contributed by atoms with van der Waals surface area (Å²) >= 11 is 0. The minimum absolute atomic E-state index is 0.224. The molecule has 0 spiro atoms. The zero-order valence-electron chi connectivity index (χ0n) is 13.1. The zero-order valence-corrected chi connectivity index (χ0v) is 13.1. The first-order chi connectivity index (χ1) is 11.7. The van der Waals surface area contributed by atoms with Crippen molar-refractivity contribution in [2.45, 2.75) is 18.3 Å². The molecule has 134 valence electrons. The molecule has 0 aliphatic heterocycles. The third-order valence-electron chi connectivity index (χ3n) is 3.61. The van der Waals surface area contributed by atoms with Gasteiger partial charge in [-0.2, -0.15) is 18.3 Å². The number of amides is 1. The number of carbonyl (C=O) groups is 1. The van der Waals surface area contributed by atoms with E-state index in [1.807, 2.05) is 0 Å². The minimum atomic E-state index is -5.42. The molecular formula is C17H15F4NO3. The summed E-state index contributed by atoms with van der Waals surface area (Å²) in [5, 5.41) is 9.46. The molecule has 0 aliphatic carbocycles. The van der Waals surface area contributed by atoms with E-state index in [0.717, 1.165) is 24.3 Å². The quantitative estimate of drug-likeness (QED) is 0.659. The van der Waals surface area contributed by atoms with Gasteiger partial charge in [0.2, 0.25) is 0 Å². The molecule has 2 aromatic rings. The molecule has 0 heterocycles. The molecule has 1 atom stereocenters. The van der Waals surface area contributed by atoms with E-state index in [1.54, 1.807) is 18.2 Å². The fraction of sp³-hybridized carbons (Fsp3) is 0.235. The standard InChI is InChI=1S/C17H15F4NO3/c1-25-14-9-7-13(8-10-14)16(24,17(18,19)20)15(23)22(21)11-12-5-3-2-4-6-12/h2-10,24H,11H2,1H3. The molecule has 1 unspecified atom stereocenters. The Balaban J connectivity index is 2.36. The van der Waals surface area contributed by atoms with Crippen molar-refractivity contribution in [1.29, 1.82) is 0 Å². The Morgan fingerprint density at radius 3 is 2.12 bits per heavy atom. The van der Waals surface area contributed by atoms with Crippen LogP contribution in [0.4, 0.5) is 17.7 Å². The van der Waals surface area contributed by atoms with Crippen LogP contribution in [-0.4, -0.2) is 29.4 Å². The average Bonchev–Trinajstić information content (AvgIpc) is 2.60. The van der Waals surface area contributed by atoms with Crippen molar-refractivity contribution < 1.29 is 32.3 Å². The second-order valence-electron chi connectivity index (χ2n) is 5.25. The lowest BCUT2D eigenvalue weighted by Crippen LogP contribution is -2.53. The van der Waals surface area contributed by atoms with Gasteiger partial charge in [0.1, 0.15) is 5.75 Å². The number of hydrogen-bond acceptors (Lipinski definition) is 3. The number of nitrogens with zero attached hydrogens (tertiary/aromatic N) is 1. The topological polar surface area (TPSA) is 49.8 Å². The largest absolute Gasteiger partial charge is 0.497 e. The fourth-order valence-corrected chi connectivity index (χ4v) is 2.23. The van der Waals surface area contributed by atoms with E-state index in [1.165, 1.54) is 19.2 Å². The summed E-state index contributed by atoms with van der Waals surface area (Å²) in [5.74, 6) is -1.89. The fourth-order valence-electron chi connectivity index (χ4n) is 2.23. The molecule has 0 saturated heterocycles. The second-order valence-corrected chi connectivity index (χ2v) is 5.25. The predicted molar refractivity (Wildman–Crippen MR) is 81.0 cm³/mol. The number of rotatable bonds is 5. The maximum absolute atomic E-state index is 14.1. The first-order valence-corrected chi connectivity index (χ1v) is 7.15. The molecule has 0 saturated carbocycles. The van der Waals surface area contributed by atoms with Gasteiger partial charge in [-0.3, -0.25) is 4.79 Å². The molecule has 1 N–H and O–H groups in total. The van der Waals surface area contributed by atoms with Crippen molar-refractivity contribution in [2.24, 2.45) is 0 Å². The molecule has 0 bridgehead atoms. The Morgan fingerprint density at radius 1 is 1.08 bits per heavy atom. The molecule has 2 aromatic carbocycles. The van der Waals surface area contributed by atoms with E-state index in [4.69, 9.17) is 4.74 Å². The first kappa shape index (κ1) is 18.7. The van der Waals surface area contributed by atoms with E-state index in [2.05, 4.69) is 0 Å². The van der Waals surface area contributed by atoms with Crippen LogP contribution in [0.15, 0.2) is 54.6 Å². The highest BCUT2D eigenvalue weighted by molar-refractivity contribution is 5.86. The van der Waals surface area contributed by atoms with Crippen LogP contribution >= 0.6 is 0 Å². The maximum Gasteiger partial charge on any atom is 0.430 e. The number of benzene rings is 2. The molecule has 2 rings (SSSR count). The van der Waals surface area contributed by atoms with Crippen LogP contribution < -0.4 is 4.74 Å². The van der Waals surface area contributed by atoms with E-state index in [0.29, 0.717) is 0 Å². The number of aliphatic hydroxyl groups is 1. The summed E-state index contributed by atoms with van der Waals surface area (Å²) in [5.41, 5.74) is -4.54. The molecule has 4 nitrogen and oxygen atoms in total. The number of ether oxygens (including phenoxy) is 1. The second kappa shape index (κ2) is 7.10. The lowest BCUT2D eigenvalue weighted by Gasteiger charge is -2.31. The summed E-state index contributed by atoms with van der Waals surface area (Å²) in [4.78, 5) is 12.1. The van der Waals surface area contributed by atoms with Gasteiger partial charge in [0.25, 0.3) is 11.5 Å². The van der Waals surface area contributed by atoms with Crippen molar-refractivity contribution in [3.05, 3.63) is 65.7 Å². The number of methoxy groups -OCH3 is 1. The highest BCUT2D eigenvalue weighted by Gasteiger charge is 2.62. The van der Waals surface area contributed by atoms with Crippen molar-refractivity contribution in [2.75, 3.05) is 7.11 Å². The van der Waals surface area contributed by atoms with Gasteiger partial charge in [-0.25, -0.2) is 0 Å². The van der Waals surface area contributed by atoms with Crippen LogP contribution in [-0.2, 0) is 16.9 Å². The Labute approximate surface area is 141 Å². The predicted octanol–water partition coefficient (Wildman–Crippen LogP) is 3.36. The van der Waals surface area contributed by atoms with Gasteiger partial charge in [0.05, 0.1) is 13.7 Å². The summed E-state index contributed by atoms with van der Waals surface area (Å²) < 4.78 is 59.2. The summed E-state index contributed by atoms with van der Waals surface area (Å²) in [7, 11) is 1.30. The molecule has 0 radical (unpaired) electrons.